The zero-order chi connectivity index (χ0) is 21.5. The first-order valence-electron chi connectivity index (χ1n) is 8.49. The highest BCUT2D eigenvalue weighted by atomic mass is 35.5. The molecule has 0 radical (unpaired) electrons. The third-order valence-corrected chi connectivity index (χ3v) is 3.97. The largest absolute Gasteiger partial charge is 0.477 e. The fourth-order valence-electron chi connectivity index (χ4n) is 1.84. The molecule has 2 aromatic rings. The van der Waals surface area contributed by atoms with E-state index in [2.05, 4.69) is 9.99 Å². The summed E-state index contributed by atoms with van der Waals surface area (Å²) in [5.41, 5.74) is 1.75. The minimum absolute atomic E-state index is 0.0869. The molecule has 3 N–H and O–H groups in total. The van der Waals surface area contributed by atoms with Gasteiger partial charge in [0.1, 0.15) is 6.61 Å². The molecule has 0 aliphatic rings. The summed E-state index contributed by atoms with van der Waals surface area (Å²) in [5, 5.41) is 13.3. The molecule has 0 fully saturated rings. The van der Waals surface area contributed by atoms with Gasteiger partial charge in [-0.3, -0.25) is 0 Å². The van der Waals surface area contributed by atoms with Gasteiger partial charge in [-0.15, -0.1) is 0 Å². The normalized spacial score (nSPS) is 11.4. The Bertz CT molecular complexity index is 867. The van der Waals surface area contributed by atoms with Gasteiger partial charge in [0.2, 0.25) is 0 Å². The maximum absolute atomic E-state index is 10.4. The van der Waals surface area contributed by atoms with Gasteiger partial charge < -0.3 is 14.8 Å². The Morgan fingerprint density at radius 1 is 1.00 bits per heavy atom. The highest BCUT2D eigenvalue weighted by molar-refractivity contribution is 6.34. The molecule has 0 saturated carbocycles. The molecule has 0 heterocycles. The second-order valence-corrected chi connectivity index (χ2v) is 6.27. The Morgan fingerprint density at radius 2 is 1.48 bits per heavy atom. The summed E-state index contributed by atoms with van der Waals surface area (Å²) in [5.74, 6) is 3.75. The third kappa shape index (κ3) is 10.5. The van der Waals surface area contributed by atoms with E-state index in [0.29, 0.717) is 11.6 Å². The Kier molecular flexibility index (Phi) is 12.1. The van der Waals surface area contributed by atoms with Gasteiger partial charge in [-0.1, -0.05) is 83.0 Å². The van der Waals surface area contributed by atoms with Crippen LogP contribution < -0.4 is 5.90 Å². The topological polar surface area (TPSA) is 94.1 Å². The molecule has 0 atom stereocenters. The lowest BCUT2D eigenvalue weighted by Gasteiger charge is -1.97. The van der Waals surface area contributed by atoms with Crippen molar-refractivity contribution >= 4 is 47.0 Å². The summed E-state index contributed by atoms with van der Waals surface area (Å²) in [7, 11) is 0. The van der Waals surface area contributed by atoms with Crippen LogP contribution in [0.1, 0.15) is 18.1 Å². The van der Waals surface area contributed by atoms with E-state index in [1.807, 2.05) is 48.5 Å². The highest BCUT2D eigenvalue weighted by Gasteiger charge is 2.00. The molecule has 8 heteroatoms. The monoisotopic (exact) mass is 436 g/mol. The average Bonchev–Trinajstić information content (AvgIpc) is 2.71. The van der Waals surface area contributed by atoms with E-state index >= 15 is 0 Å². The van der Waals surface area contributed by atoms with Crippen molar-refractivity contribution in [3.8, 4) is 0 Å². The number of aliphatic carboxylic acids is 1. The lowest BCUT2D eigenvalue weighted by molar-refractivity contribution is -0.129. The van der Waals surface area contributed by atoms with Crippen molar-refractivity contribution in [2.24, 2.45) is 11.1 Å². The van der Waals surface area contributed by atoms with Gasteiger partial charge in [0.05, 0.1) is 6.61 Å². The van der Waals surface area contributed by atoms with Crippen LogP contribution in [0.3, 0.4) is 0 Å². The van der Waals surface area contributed by atoms with Crippen molar-refractivity contribution in [2.45, 2.75) is 6.92 Å². The number of hydrogen-bond acceptors (Lipinski definition) is 5. The molecule has 0 aliphatic carbocycles. The number of oxime groups is 1. The molecule has 0 unspecified atom stereocenters. The maximum Gasteiger partial charge on any atom is 0.353 e. The molecule has 29 heavy (non-hydrogen) atoms. The number of nitrogens with two attached hydrogens (primary N) is 1. The van der Waals surface area contributed by atoms with Gasteiger partial charge in [0.25, 0.3) is 0 Å². The quantitative estimate of drug-likeness (QED) is 0.342. The number of carboxylic acids is 1. The molecule has 0 aromatic heterocycles. The van der Waals surface area contributed by atoms with Crippen molar-refractivity contribution in [1.82, 2.24) is 0 Å². The van der Waals surface area contributed by atoms with Crippen LogP contribution in [0.25, 0.3) is 12.2 Å². The van der Waals surface area contributed by atoms with Gasteiger partial charge in [-0.2, -0.15) is 0 Å². The zero-order valence-electron chi connectivity index (χ0n) is 15.8. The summed E-state index contributed by atoms with van der Waals surface area (Å²) in [6.07, 6.45) is 7.17. The Morgan fingerprint density at radius 3 is 1.93 bits per heavy atom. The lowest BCUT2D eigenvalue weighted by Crippen LogP contribution is -2.08. The number of nitrogens with zero attached hydrogens (tertiary/aromatic N) is 1. The molecule has 0 saturated heterocycles. The van der Waals surface area contributed by atoms with E-state index in [-0.39, 0.29) is 12.3 Å². The van der Waals surface area contributed by atoms with Crippen LogP contribution in [-0.4, -0.2) is 30.0 Å². The molecular weight excluding hydrogens is 415 g/mol. The predicted octanol–water partition coefficient (Wildman–Crippen LogP) is 5.07. The first kappa shape index (κ1) is 24.4. The van der Waals surface area contributed by atoms with Gasteiger partial charge >= 0.3 is 5.97 Å². The summed E-state index contributed by atoms with van der Waals surface area (Å²) in [6, 6.07) is 14.9. The first-order valence-corrected chi connectivity index (χ1v) is 9.25. The van der Waals surface area contributed by atoms with Crippen LogP contribution in [0.2, 0.25) is 10.0 Å². The summed E-state index contributed by atoms with van der Waals surface area (Å²) >= 11 is 11.8. The second kappa shape index (κ2) is 14.4. The number of carboxylic acid groups (broad SMARTS) is 1. The molecule has 0 amide bonds. The van der Waals surface area contributed by atoms with Crippen LogP contribution in [0.15, 0.2) is 65.8 Å². The molecular formula is C21H22Cl2N2O4. The number of hydrogen-bond donors (Lipinski definition) is 2. The van der Waals surface area contributed by atoms with E-state index in [9.17, 15) is 4.79 Å². The van der Waals surface area contributed by atoms with E-state index < -0.39 is 5.97 Å². The minimum atomic E-state index is -1.10. The second-order valence-electron chi connectivity index (χ2n) is 5.46. The SMILES string of the molecule is C/C(=N/OC/C=C/c1ccccc1Cl)C(=O)O.NOC/C=C/c1ccccc1Cl. The van der Waals surface area contributed by atoms with E-state index in [1.54, 1.807) is 24.3 Å². The van der Waals surface area contributed by atoms with E-state index in [0.717, 1.165) is 16.1 Å². The highest BCUT2D eigenvalue weighted by Crippen LogP contribution is 2.16. The molecule has 2 rings (SSSR count). The van der Waals surface area contributed by atoms with Crippen LogP contribution in [0.5, 0.6) is 0 Å². The summed E-state index contributed by atoms with van der Waals surface area (Å²) in [4.78, 5) is 19.6. The summed E-state index contributed by atoms with van der Waals surface area (Å²) in [6.45, 7) is 1.95. The molecule has 2 aromatic carbocycles. The average molecular weight is 437 g/mol. The number of rotatable bonds is 8. The van der Waals surface area contributed by atoms with Gasteiger partial charge in [-0.25, -0.2) is 10.7 Å². The van der Waals surface area contributed by atoms with Crippen LogP contribution >= 0.6 is 23.2 Å². The third-order valence-electron chi connectivity index (χ3n) is 3.28. The van der Waals surface area contributed by atoms with Crippen molar-refractivity contribution in [3.63, 3.8) is 0 Å². The van der Waals surface area contributed by atoms with Crippen molar-refractivity contribution in [2.75, 3.05) is 13.2 Å². The van der Waals surface area contributed by atoms with Crippen molar-refractivity contribution in [1.29, 1.82) is 0 Å². The molecule has 154 valence electrons. The predicted molar refractivity (Wildman–Crippen MR) is 118 cm³/mol. The standard InChI is InChI=1S/C12H12ClNO3.C9H10ClNO/c1-9(12(15)16)14-17-8-4-6-10-5-2-3-7-11(10)13;10-9-6-2-1-4-8(9)5-3-7-12-11/h2-7H,8H2,1H3,(H,15,16);1-6H,7,11H2/b6-4+,14-9-;5-3+. The first-order chi connectivity index (χ1) is 14.0. The van der Waals surface area contributed by atoms with Crippen LogP contribution in [0, 0.1) is 0 Å². The number of carbonyl (C=O) groups is 1. The van der Waals surface area contributed by atoms with Crippen molar-refractivity contribution < 1.29 is 19.6 Å². The fourth-order valence-corrected chi connectivity index (χ4v) is 2.24. The van der Waals surface area contributed by atoms with Gasteiger partial charge in [-0.05, 0) is 36.3 Å². The lowest BCUT2D eigenvalue weighted by atomic mass is 10.2. The van der Waals surface area contributed by atoms with Gasteiger partial charge in [0.15, 0.2) is 5.71 Å². The van der Waals surface area contributed by atoms with Crippen molar-refractivity contribution in [3.05, 3.63) is 81.9 Å². The Hall–Kier alpha value is -2.64. The van der Waals surface area contributed by atoms with Crippen LogP contribution in [-0.2, 0) is 14.5 Å². The van der Waals surface area contributed by atoms with Crippen LogP contribution in [0.4, 0.5) is 0 Å². The maximum atomic E-state index is 10.4. The molecule has 0 spiro atoms. The number of halogens is 2. The molecule has 0 aliphatic heterocycles. The van der Waals surface area contributed by atoms with E-state index in [1.165, 1.54) is 6.92 Å². The smallest absolute Gasteiger partial charge is 0.353 e. The zero-order valence-corrected chi connectivity index (χ0v) is 17.3. The molecule has 0 bridgehead atoms. The fraction of sp³-hybridized carbons (Fsp3) is 0.143. The Labute approximate surface area is 179 Å². The Balaban J connectivity index is 0.000000308. The van der Waals surface area contributed by atoms with E-state index in [4.69, 9.17) is 39.0 Å². The minimum Gasteiger partial charge on any atom is -0.477 e. The summed E-state index contributed by atoms with van der Waals surface area (Å²) < 4.78 is 0. The number of benzene rings is 2. The van der Waals surface area contributed by atoms with Gasteiger partial charge in [0, 0.05) is 10.0 Å². The molecule has 6 nitrogen and oxygen atoms in total.